The minimum atomic E-state index is -0.380. The summed E-state index contributed by atoms with van der Waals surface area (Å²) in [5, 5.41) is 2.72. The number of nitrogens with one attached hydrogen (secondary N) is 1. The van der Waals surface area contributed by atoms with Crippen LogP contribution in [0.2, 0.25) is 0 Å². The average Bonchev–Trinajstić information content (AvgIpc) is 3.03. The number of ether oxygens (including phenoxy) is 1. The van der Waals surface area contributed by atoms with Crippen LogP contribution >= 0.6 is 0 Å². The van der Waals surface area contributed by atoms with Crippen molar-refractivity contribution in [3.05, 3.63) is 65.2 Å². The molecule has 1 N–H and O–H groups in total. The average molecular weight is 420 g/mol. The zero-order chi connectivity index (χ0) is 21.8. The summed E-state index contributed by atoms with van der Waals surface area (Å²) in [4.78, 5) is 50.4. The molecule has 1 fully saturated rings. The highest BCUT2D eigenvalue weighted by Gasteiger charge is 2.34. The van der Waals surface area contributed by atoms with Crippen LogP contribution in [0.25, 0.3) is 0 Å². The highest BCUT2D eigenvalue weighted by molar-refractivity contribution is 6.21. The van der Waals surface area contributed by atoms with Crippen molar-refractivity contribution in [2.24, 2.45) is 0 Å². The molecule has 1 heterocycles. The summed E-state index contributed by atoms with van der Waals surface area (Å²) in [5.74, 6) is -1.44. The fourth-order valence-corrected chi connectivity index (χ4v) is 3.97. The van der Waals surface area contributed by atoms with Crippen molar-refractivity contribution in [2.75, 3.05) is 11.9 Å². The van der Waals surface area contributed by atoms with Gasteiger partial charge in [-0.05, 0) is 62.1 Å². The van der Waals surface area contributed by atoms with E-state index < -0.39 is 0 Å². The minimum absolute atomic E-state index is 0.00395. The summed E-state index contributed by atoms with van der Waals surface area (Å²) in [7, 11) is 0. The monoisotopic (exact) mass is 420 g/mol. The van der Waals surface area contributed by atoms with Gasteiger partial charge < -0.3 is 10.1 Å². The zero-order valence-electron chi connectivity index (χ0n) is 17.1. The van der Waals surface area contributed by atoms with Gasteiger partial charge in [0, 0.05) is 18.7 Å². The van der Waals surface area contributed by atoms with Crippen LogP contribution in [0.1, 0.15) is 69.6 Å². The summed E-state index contributed by atoms with van der Waals surface area (Å²) < 4.78 is 5.54. The van der Waals surface area contributed by atoms with E-state index in [1.807, 2.05) is 0 Å². The number of hydrogen-bond acceptors (Lipinski definition) is 5. The summed E-state index contributed by atoms with van der Waals surface area (Å²) in [5.41, 5.74) is 1.70. The van der Waals surface area contributed by atoms with Crippen molar-refractivity contribution in [2.45, 2.75) is 44.6 Å². The molecule has 1 saturated carbocycles. The van der Waals surface area contributed by atoms with E-state index in [0.717, 1.165) is 30.6 Å². The van der Waals surface area contributed by atoms with E-state index >= 15 is 0 Å². The van der Waals surface area contributed by atoms with Crippen LogP contribution in [0.5, 0.6) is 0 Å². The third kappa shape index (κ3) is 4.66. The Kier molecular flexibility index (Phi) is 6.11. The molecule has 0 bridgehead atoms. The van der Waals surface area contributed by atoms with Gasteiger partial charge in [-0.2, -0.15) is 0 Å². The molecule has 3 amide bonds. The number of carbonyl (C=O) groups excluding carboxylic acids is 4. The van der Waals surface area contributed by atoms with Crippen LogP contribution < -0.4 is 5.32 Å². The summed E-state index contributed by atoms with van der Waals surface area (Å²) in [6.07, 6.45) is 5.15. The number of amides is 3. The normalized spacial score (nSPS) is 16.2. The van der Waals surface area contributed by atoms with Gasteiger partial charge in [0.25, 0.3) is 11.8 Å². The van der Waals surface area contributed by atoms with E-state index in [0.29, 0.717) is 22.4 Å². The number of esters is 1. The Morgan fingerprint density at radius 1 is 0.903 bits per heavy atom. The Morgan fingerprint density at radius 2 is 1.52 bits per heavy atom. The molecule has 31 heavy (non-hydrogen) atoms. The van der Waals surface area contributed by atoms with Crippen molar-refractivity contribution < 1.29 is 23.9 Å². The van der Waals surface area contributed by atoms with Gasteiger partial charge in [-0.25, -0.2) is 4.79 Å². The maximum Gasteiger partial charge on any atom is 0.338 e. The van der Waals surface area contributed by atoms with Crippen molar-refractivity contribution in [1.82, 2.24) is 4.90 Å². The number of nitrogens with zero attached hydrogens (tertiary/aromatic N) is 1. The maximum absolute atomic E-state index is 12.4. The Morgan fingerprint density at radius 3 is 2.13 bits per heavy atom. The lowest BCUT2D eigenvalue weighted by molar-refractivity contribution is -0.116. The van der Waals surface area contributed by atoms with E-state index in [9.17, 15) is 19.2 Å². The van der Waals surface area contributed by atoms with Crippen LogP contribution in [-0.2, 0) is 9.53 Å². The molecule has 0 atom stereocenters. The van der Waals surface area contributed by atoms with Crippen molar-refractivity contribution in [1.29, 1.82) is 0 Å². The second-order valence-electron chi connectivity index (χ2n) is 7.85. The number of anilines is 1. The molecular weight excluding hydrogens is 396 g/mol. The Labute approximate surface area is 180 Å². The maximum atomic E-state index is 12.4. The van der Waals surface area contributed by atoms with Crippen LogP contribution in [0.4, 0.5) is 5.69 Å². The van der Waals surface area contributed by atoms with Crippen molar-refractivity contribution in [3.8, 4) is 0 Å². The van der Waals surface area contributed by atoms with E-state index in [1.54, 1.807) is 48.5 Å². The first-order valence-electron chi connectivity index (χ1n) is 10.6. The summed E-state index contributed by atoms with van der Waals surface area (Å²) >= 11 is 0. The molecule has 7 nitrogen and oxygen atoms in total. The van der Waals surface area contributed by atoms with Gasteiger partial charge in [-0.3, -0.25) is 19.3 Å². The first-order valence-corrected chi connectivity index (χ1v) is 10.6. The van der Waals surface area contributed by atoms with E-state index in [2.05, 4.69) is 5.32 Å². The lowest BCUT2D eigenvalue weighted by atomic mass is 9.98. The molecule has 160 valence electrons. The third-order valence-corrected chi connectivity index (χ3v) is 5.67. The highest BCUT2D eigenvalue weighted by atomic mass is 16.5. The molecule has 2 aliphatic rings. The Balaban J connectivity index is 1.28. The largest absolute Gasteiger partial charge is 0.459 e. The topological polar surface area (TPSA) is 92.8 Å². The molecule has 0 spiro atoms. The number of rotatable bonds is 6. The fraction of sp³-hybridized carbons (Fsp3) is 0.333. The van der Waals surface area contributed by atoms with E-state index in [-0.39, 0.29) is 42.8 Å². The molecule has 4 rings (SSSR count). The van der Waals surface area contributed by atoms with Crippen LogP contribution in [0, 0.1) is 0 Å². The predicted octanol–water partition coefficient (Wildman–Crippen LogP) is 3.80. The van der Waals surface area contributed by atoms with Gasteiger partial charge in [0.15, 0.2) is 0 Å². The van der Waals surface area contributed by atoms with Crippen LogP contribution in [0.3, 0.4) is 0 Å². The van der Waals surface area contributed by atoms with Gasteiger partial charge >= 0.3 is 5.97 Å². The molecule has 7 heteroatoms. The molecule has 1 aliphatic heterocycles. The van der Waals surface area contributed by atoms with E-state index in [4.69, 9.17) is 4.74 Å². The number of carbonyl (C=O) groups is 4. The second kappa shape index (κ2) is 9.12. The molecule has 0 unspecified atom stereocenters. The second-order valence-corrected chi connectivity index (χ2v) is 7.85. The molecule has 0 aromatic heterocycles. The van der Waals surface area contributed by atoms with Gasteiger partial charge in [0.05, 0.1) is 16.7 Å². The van der Waals surface area contributed by atoms with Gasteiger partial charge in [0.1, 0.15) is 6.10 Å². The highest BCUT2D eigenvalue weighted by Crippen LogP contribution is 2.23. The Hall–Kier alpha value is -3.48. The molecular formula is C24H24N2O5. The number of hydrogen-bond donors (Lipinski definition) is 1. The Bertz CT molecular complexity index is 974. The van der Waals surface area contributed by atoms with Crippen LogP contribution in [-0.4, -0.2) is 41.2 Å². The van der Waals surface area contributed by atoms with Crippen molar-refractivity contribution >= 4 is 29.4 Å². The number of fused-ring (bicyclic) bond motifs is 1. The van der Waals surface area contributed by atoms with Gasteiger partial charge in [-0.15, -0.1) is 0 Å². The molecule has 0 radical (unpaired) electrons. The number of benzene rings is 2. The summed E-state index contributed by atoms with van der Waals surface area (Å²) in [6.45, 7) is 0.00395. The smallest absolute Gasteiger partial charge is 0.338 e. The van der Waals surface area contributed by atoms with E-state index in [1.165, 1.54) is 6.42 Å². The molecule has 2 aromatic carbocycles. The SMILES string of the molecule is O=C(CCN1C(=O)c2ccccc2C1=O)Nc1ccc(C(=O)OC2CCCCC2)cc1. The molecule has 2 aromatic rings. The zero-order valence-corrected chi connectivity index (χ0v) is 17.1. The molecule has 1 aliphatic carbocycles. The first kappa shape index (κ1) is 20.8. The summed E-state index contributed by atoms with van der Waals surface area (Å²) in [6, 6.07) is 13.1. The third-order valence-electron chi connectivity index (χ3n) is 5.67. The lowest BCUT2D eigenvalue weighted by Gasteiger charge is -2.21. The molecule has 0 saturated heterocycles. The first-order chi connectivity index (χ1) is 15.0. The number of imide groups is 1. The predicted molar refractivity (Wildman–Crippen MR) is 114 cm³/mol. The van der Waals surface area contributed by atoms with Gasteiger partial charge in [-0.1, -0.05) is 18.6 Å². The lowest BCUT2D eigenvalue weighted by Crippen LogP contribution is -2.32. The van der Waals surface area contributed by atoms with Crippen LogP contribution in [0.15, 0.2) is 48.5 Å². The minimum Gasteiger partial charge on any atom is -0.459 e. The standard InChI is InChI=1S/C24H24N2O5/c27-21(14-15-26-22(28)19-8-4-5-9-20(19)23(26)29)25-17-12-10-16(11-13-17)24(30)31-18-6-2-1-3-7-18/h4-5,8-13,18H,1-3,6-7,14-15H2,(H,25,27). The van der Waals surface area contributed by atoms with Crippen molar-refractivity contribution in [3.63, 3.8) is 0 Å². The quantitative estimate of drug-likeness (QED) is 0.567. The van der Waals surface area contributed by atoms with Gasteiger partial charge in [0.2, 0.25) is 5.91 Å². The fourth-order valence-electron chi connectivity index (χ4n) is 3.97.